The average molecular weight is 233 g/mol. The summed E-state index contributed by atoms with van der Waals surface area (Å²) in [6.07, 6.45) is 1.72. The van der Waals surface area contributed by atoms with E-state index in [2.05, 4.69) is 10.3 Å². The van der Waals surface area contributed by atoms with E-state index >= 15 is 0 Å². The van der Waals surface area contributed by atoms with Crippen molar-refractivity contribution in [3.8, 4) is 5.69 Å². The summed E-state index contributed by atoms with van der Waals surface area (Å²) in [6.45, 7) is 4.57. The Morgan fingerprint density at radius 3 is 2.65 bits per heavy atom. The number of rotatable bonds is 3. The van der Waals surface area contributed by atoms with Crippen molar-refractivity contribution >= 4 is 0 Å². The molecule has 0 aliphatic rings. The smallest absolute Gasteiger partial charge is 0.125 e. The minimum absolute atomic E-state index is 0.224. The highest BCUT2D eigenvalue weighted by Crippen LogP contribution is 2.17. The normalized spacial score (nSPS) is 10.8. The molecule has 0 atom stereocenters. The predicted octanol–water partition coefficient (Wildman–Crippen LogP) is 2.35. The van der Waals surface area contributed by atoms with Crippen LogP contribution in [0.15, 0.2) is 24.5 Å². The van der Waals surface area contributed by atoms with Crippen LogP contribution < -0.4 is 5.32 Å². The summed E-state index contributed by atoms with van der Waals surface area (Å²) in [5.74, 6) is -0.224. The van der Waals surface area contributed by atoms with Gasteiger partial charge >= 0.3 is 0 Å². The molecule has 2 aromatic rings. The summed E-state index contributed by atoms with van der Waals surface area (Å²) in [6, 6.07) is 5.03. The van der Waals surface area contributed by atoms with Gasteiger partial charge in [-0.1, -0.05) is 0 Å². The SMILES string of the molecule is CNCc1cc(F)cc(-n2cnc(C)c2C)c1. The third-order valence-corrected chi connectivity index (χ3v) is 2.85. The summed E-state index contributed by atoms with van der Waals surface area (Å²) in [4.78, 5) is 4.22. The van der Waals surface area contributed by atoms with E-state index in [9.17, 15) is 4.39 Å². The van der Waals surface area contributed by atoms with Crippen LogP contribution in [-0.4, -0.2) is 16.6 Å². The zero-order valence-corrected chi connectivity index (χ0v) is 10.3. The van der Waals surface area contributed by atoms with Gasteiger partial charge in [-0.05, 0) is 44.7 Å². The van der Waals surface area contributed by atoms with E-state index in [0.29, 0.717) is 6.54 Å². The Morgan fingerprint density at radius 2 is 2.06 bits per heavy atom. The Bertz CT molecular complexity index is 531. The second-order valence-corrected chi connectivity index (χ2v) is 4.13. The minimum Gasteiger partial charge on any atom is -0.316 e. The van der Waals surface area contributed by atoms with Crippen LogP contribution >= 0.6 is 0 Å². The van der Waals surface area contributed by atoms with E-state index in [1.54, 1.807) is 12.4 Å². The monoisotopic (exact) mass is 233 g/mol. The zero-order chi connectivity index (χ0) is 12.4. The number of aromatic nitrogens is 2. The molecule has 0 saturated heterocycles. The number of aryl methyl sites for hydroxylation is 1. The van der Waals surface area contributed by atoms with E-state index in [0.717, 1.165) is 22.6 Å². The van der Waals surface area contributed by atoms with Crippen LogP contribution in [0.4, 0.5) is 4.39 Å². The molecule has 4 heteroatoms. The highest BCUT2D eigenvalue weighted by Gasteiger charge is 2.07. The standard InChI is InChI=1S/C13H16FN3/c1-9-10(2)17(8-16-9)13-5-11(7-15-3)4-12(14)6-13/h4-6,8,15H,7H2,1-3H3. The van der Waals surface area contributed by atoms with E-state index < -0.39 is 0 Å². The molecule has 0 radical (unpaired) electrons. The molecule has 0 aliphatic carbocycles. The minimum atomic E-state index is -0.224. The fraction of sp³-hybridized carbons (Fsp3) is 0.308. The zero-order valence-electron chi connectivity index (χ0n) is 10.3. The molecule has 0 fully saturated rings. The topological polar surface area (TPSA) is 29.9 Å². The Kier molecular flexibility index (Phi) is 3.24. The van der Waals surface area contributed by atoms with Crippen LogP contribution in [0.1, 0.15) is 17.0 Å². The quantitative estimate of drug-likeness (QED) is 0.882. The molecule has 0 saturated carbocycles. The van der Waals surface area contributed by atoms with Gasteiger partial charge in [0, 0.05) is 17.9 Å². The van der Waals surface area contributed by atoms with Crippen molar-refractivity contribution in [3.05, 3.63) is 47.3 Å². The van der Waals surface area contributed by atoms with Gasteiger partial charge in [0.15, 0.2) is 0 Å². The number of imidazole rings is 1. The maximum atomic E-state index is 13.5. The van der Waals surface area contributed by atoms with Gasteiger partial charge in [0.2, 0.25) is 0 Å². The third-order valence-electron chi connectivity index (χ3n) is 2.85. The molecule has 0 spiro atoms. The number of hydrogen-bond acceptors (Lipinski definition) is 2. The first-order chi connectivity index (χ1) is 8.11. The maximum Gasteiger partial charge on any atom is 0.125 e. The molecular weight excluding hydrogens is 217 g/mol. The third kappa shape index (κ3) is 2.36. The molecule has 0 unspecified atom stereocenters. The fourth-order valence-corrected chi connectivity index (χ4v) is 1.84. The summed E-state index contributed by atoms with van der Waals surface area (Å²) in [5.41, 5.74) is 3.73. The van der Waals surface area contributed by atoms with Gasteiger partial charge in [-0.15, -0.1) is 0 Å². The van der Waals surface area contributed by atoms with Gasteiger partial charge in [0.05, 0.1) is 12.0 Å². The van der Waals surface area contributed by atoms with Gasteiger partial charge in [-0.2, -0.15) is 0 Å². The van der Waals surface area contributed by atoms with Crippen molar-refractivity contribution in [2.75, 3.05) is 7.05 Å². The second kappa shape index (κ2) is 4.67. The first kappa shape index (κ1) is 11.8. The van der Waals surface area contributed by atoms with Crippen molar-refractivity contribution in [1.82, 2.24) is 14.9 Å². The van der Waals surface area contributed by atoms with Crippen LogP contribution in [0.5, 0.6) is 0 Å². The Morgan fingerprint density at radius 1 is 1.29 bits per heavy atom. The number of benzene rings is 1. The summed E-state index contributed by atoms with van der Waals surface area (Å²) < 4.78 is 15.4. The van der Waals surface area contributed by atoms with Crippen molar-refractivity contribution < 1.29 is 4.39 Å². The molecule has 17 heavy (non-hydrogen) atoms. The number of nitrogens with one attached hydrogen (secondary N) is 1. The van der Waals surface area contributed by atoms with Crippen LogP contribution in [0.2, 0.25) is 0 Å². The first-order valence-corrected chi connectivity index (χ1v) is 5.57. The van der Waals surface area contributed by atoms with E-state index in [1.165, 1.54) is 6.07 Å². The largest absolute Gasteiger partial charge is 0.316 e. The van der Waals surface area contributed by atoms with Gasteiger partial charge in [-0.3, -0.25) is 0 Å². The molecule has 2 rings (SSSR count). The lowest BCUT2D eigenvalue weighted by Crippen LogP contribution is -2.06. The lowest BCUT2D eigenvalue weighted by Gasteiger charge is -2.08. The van der Waals surface area contributed by atoms with Gasteiger partial charge in [0.1, 0.15) is 5.82 Å². The summed E-state index contributed by atoms with van der Waals surface area (Å²) >= 11 is 0. The van der Waals surface area contributed by atoms with E-state index in [4.69, 9.17) is 0 Å². The first-order valence-electron chi connectivity index (χ1n) is 5.57. The second-order valence-electron chi connectivity index (χ2n) is 4.13. The van der Waals surface area contributed by atoms with E-state index in [-0.39, 0.29) is 5.82 Å². The lowest BCUT2D eigenvalue weighted by molar-refractivity contribution is 0.622. The van der Waals surface area contributed by atoms with Gasteiger partial charge in [0.25, 0.3) is 0 Å². The Labute approximate surface area is 100 Å². The van der Waals surface area contributed by atoms with Crippen LogP contribution in [0, 0.1) is 19.7 Å². The summed E-state index contributed by atoms with van der Waals surface area (Å²) in [7, 11) is 1.84. The van der Waals surface area contributed by atoms with Crippen molar-refractivity contribution in [1.29, 1.82) is 0 Å². The molecule has 0 bridgehead atoms. The highest BCUT2D eigenvalue weighted by molar-refractivity contribution is 5.39. The molecule has 3 nitrogen and oxygen atoms in total. The molecule has 1 N–H and O–H groups in total. The molecule has 0 aliphatic heterocycles. The van der Waals surface area contributed by atoms with Crippen molar-refractivity contribution in [2.24, 2.45) is 0 Å². The molecule has 90 valence electrons. The maximum absolute atomic E-state index is 13.5. The fourth-order valence-electron chi connectivity index (χ4n) is 1.84. The van der Waals surface area contributed by atoms with Crippen LogP contribution in [0.25, 0.3) is 5.69 Å². The predicted molar refractivity (Wildman–Crippen MR) is 65.8 cm³/mol. The van der Waals surface area contributed by atoms with Crippen molar-refractivity contribution in [3.63, 3.8) is 0 Å². The average Bonchev–Trinajstić information content (AvgIpc) is 2.59. The highest BCUT2D eigenvalue weighted by atomic mass is 19.1. The number of halogens is 1. The molecule has 1 aromatic carbocycles. The Balaban J connectivity index is 2.48. The molecule has 0 amide bonds. The molecule has 1 heterocycles. The summed E-state index contributed by atoms with van der Waals surface area (Å²) in [5, 5.41) is 3.02. The Hall–Kier alpha value is -1.68. The van der Waals surface area contributed by atoms with Crippen LogP contribution in [-0.2, 0) is 6.54 Å². The van der Waals surface area contributed by atoms with Gasteiger partial charge < -0.3 is 9.88 Å². The molecular formula is C13H16FN3. The van der Waals surface area contributed by atoms with E-state index in [1.807, 2.05) is 31.5 Å². The number of nitrogens with zero attached hydrogens (tertiary/aromatic N) is 2. The molecule has 1 aromatic heterocycles. The lowest BCUT2D eigenvalue weighted by atomic mass is 10.2. The van der Waals surface area contributed by atoms with Gasteiger partial charge in [-0.25, -0.2) is 9.37 Å². The van der Waals surface area contributed by atoms with Crippen LogP contribution in [0.3, 0.4) is 0 Å². The van der Waals surface area contributed by atoms with Crippen molar-refractivity contribution in [2.45, 2.75) is 20.4 Å². The number of hydrogen-bond donors (Lipinski definition) is 1.